The Hall–Kier alpha value is -1.88. The van der Waals surface area contributed by atoms with Gasteiger partial charge in [-0.15, -0.1) is 0 Å². The van der Waals surface area contributed by atoms with Crippen LogP contribution in [0.5, 0.6) is 0 Å². The molecule has 0 fully saturated rings. The van der Waals surface area contributed by atoms with Crippen LogP contribution in [0, 0.1) is 5.82 Å². The van der Waals surface area contributed by atoms with Crippen molar-refractivity contribution >= 4 is 28.5 Å². The predicted molar refractivity (Wildman–Crippen MR) is 70.4 cm³/mol. The third-order valence-corrected chi connectivity index (χ3v) is 3.07. The number of aromatic nitrogens is 1. The molecule has 0 bridgehead atoms. The van der Waals surface area contributed by atoms with Gasteiger partial charge in [-0.1, -0.05) is 18.5 Å². The summed E-state index contributed by atoms with van der Waals surface area (Å²) in [6.07, 6.45) is 1.98. The Labute approximate surface area is 113 Å². The topological polar surface area (TPSA) is 59.3 Å². The molecule has 0 aliphatic heterocycles. The van der Waals surface area contributed by atoms with Crippen LogP contribution in [0.15, 0.2) is 23.1 Å². The molecule has 1 aromatic heterocycles. The summed E-state index contributed by atoms with van der Waals surface area (Å²) in [5.74, 6) is -2.00. The molecule has 4 nitrogen and oxygen atoms in total. The zero-order chi connectivity index (χ0) is 14.2. The smallest absolute Gasteiger partial charge is 0.341 e. The molecule has 0 unspecified atom stereocenters. The molecule has 0 radical (unpaired) electrons. The van der Waals surface area contributed by atoms with Crippen LogP contribution < -0.4 is 5.43 Å². The molecule has 0 saturated heterocycles. The molecule has 2 rings (SSSR count). The van der Waals surface area contributed by atoms with Gasteiger partial charge in [0.2, 0.25) is 5.43 Å². The van der Waals surface area contributed by atoms with Crippen LogP contribution in [0.1, 0.15) is 23.7 Å². The molecule has 0 atom stereocenters. The van der Waals surface area contributed by atoms with Crippen molar-refractivity contribution in [2.24, 2.45) is 0 Å². The highest BCUT2D eigenvalue weighted by Gasteiger charge is 2.17. The summed E-state index contributed by atoms with van der Waals surface area (Å²) in [6, 6.07) is 2.12. The van der Waals surface area contributed by atoms with Crippen molar-refractivity contribution < 1.29 is 14.3 Å². The van der Waals surface area contributed by atoms with Gasteiger partial charge in [0.25, 0.3) is 0 Å². The molecule has 6 heteroatoms. The summed E-state index contributed by atoms with van der Waals surface area (Å²) in [6.45, 7) is 2.39. The summed E-state index contributed by atoms with van der Waals surface area (Å²) in [5, 5.41) is 9.10. The monoisotopic (exact) mass is 283 g/mol. The van der Waals surface area contributed by atoms with Crippen molar-refractivity contribution in [1.29, 1.82) is 0 Å². The maximum Gasteiger partial charge on any atom is 0.341 e. The molecule has 1 aromatic carbocycles. The second-order valence-corrected chi connectivity index (χ2v) is 4.56. The fourth-order valence-electron chi connectivity index (χ4n) is 2.02. The Morgan fingerprint density at radius 1 is 1.47 bits per heavy atom. The first-order chi connectivity index (χ1) is 8.95. The van der Waals surface area contributed by atoms with E-state index in [1.54, 1.807) is 4.57 Å². The highest BCUT2D eigenvalue weighted by molar-refractivity contribution is 6.35. The van der Waals surface area contributed by atoms with Crippen molar-refractivity contribution in [2.75, 3.05) is 0 Å². The molecule has 0 aliphatic carbocycles. The van der Waals surface area contributed by atoms with Crippen LogP contribution in [0.25, 0.3) is 10.9 Å². The molecule has 100 valence electrons. The summed E-state index contributed by atoms with van der Waals surface area (Å²) < 4.78 is 14.9. The summed E-state index contributed by atoms with van der Waals surface area (Å²) in [7, 11) is 0. The molecule has 19 heavy (non-hydrogen) atoms. The number of hydrogen-bond donors (Lipinski definition) is 1. The Bertz CT molecular complexity index is 724. The molecular weight excluding hydrogens is 273 g/mol. The van der Waals surface area contributed by atoms with Crippen LogP contribution in [0.2, 0.25) is 5.02 Å². The molecule has 1 N–H and O–H groups in total. The zero-order valence-electron chi connectivity index (χ0n) is 10.1. The first kappa shape index (κ1) is 13.5. The zero-order valence-corrected chi connectivity index (χ0v) is 10.9. The minimum Gasteiger partial charge on any atom is -0.477 e. The molecule has 0 saturated carbocycles. The number of carboxylic acid groups (broad SMARTS) is 1. The number of carbonyl (C=O) groups is 1. The normalized spacial score (nSPS) is 10.9. The van der Waals surface area contributed by atoms with E-state index in [0.717, 1.165) is 18.6 Å². The van der Waals surface area contributed by atoms with Gasteiger partial charge in [0.1, 0.15) is 11.4 Å². The van der Waals surface area contributed by atoms with Gasteiger partial charge in [0.15, 0.2) is 0 Å². The number of benzene rings is 1. The van der Waals surface area contributed by atoms with Crippen molar-refractivity contribution in [3.05, 3.63) is 45.0 Å². The molecular formula is C13H11ClFNO3. The van der Waals surface area contributed by atoms with Crippen LogP contribution in [-0.4, -0.2) is 15.6 Å². The summed E-state index contributed by atoms with van der Waals surface area (Å²) >= 11 is 5.96. The first-order valence-corrected chi connectivity index (χ1v) is 6.09. The average Bonchev–Trinajstić information content (AvgIpc) is 2.32. The molecule has 0 spiro atoms. The van der Waals surface area contributed by atoms with Crippen molar-refractivity contribution in [1.82, 2.24) is 4.57 Å². The van der Waals surface area contributed by atoms with Crippen molar-refractivity contribution in [3.63, 3.8) is 0 Å². The lowest BCUT2D eigenvalue weighted by Crippen LogP contribution is -2.19. The number of nitrogens with zero attached hydrogens (tertiary/aromatic N) is 1. The highest BCUT2D eigenvalue weighted by Crippen LogP contribution is 2.24. The van der Waals surface area contributed by atoms with E-state index in [4.69, 9.17) is 16.7 Å². The molecule has 2 aromatic rings. The van der Waals surface area contributed by atoms with Crippen molar-refractivity contribution in [3.8, 4) is 0 Å². The van der Waals surface area contributed by atoms with E-state index in [0.29, 0.717) is 12.1 Å². The number of rotatable bonds is 3. The van der Waals surface area contributed by atoms with Crippen LogP contribution in [-0.2, 0) is 6.54 Å². The standard InChI is InChI=1S/C13H11ClFNO3/c1-2-3-16-6-9(13(18)19)12(17)8-4-7(15)5-10(14)11(8)16/h4-6H,2-3H2,1H3,(H,18,19). The fourth-order valence-corrected chi connectivity index (χ4v) is 2.34. The lowest BCUT2D eigenvalue weighted by molar-refractivity contribution is 0.0695. The lowest BCUT2D eigenvalue weighted by atomic mass is 10.1. The van der Waals surface area contributed by atoms with Gasteiger partial charge in [-0.3, -0.25) is 4.79 Å². The number of halogens is 2. The number of hydrogen-bond acceptors (Lipinski definition) is 2. The minimum atomic E-state index is -1.34. The van der Waals surface area contributed by atoms with Gasteiger partial charge in [0, 0.05) is 12.7 Å². The maximum atomic E-state index is 13.3. The number of aromatic carboxylic acids is 1. The Kier molecular flexibility index (Phi) is 3.57. The third kappa shape index (κ3) is 2.33. The summed E-state index contributed by atoms with van der Waals surface area (Å²) in [5.41, 5.74) is -0.751. The van der Waals surface area contributed by atoms with E-state index < -0.39 is 17.2 Å². The molecule has 1 heterocycles. The van der Waals surface area contributed by atoms with E-state index in [9.17, 15) is 14.0 Å². The van der Waals surface area contributed by atoms with Crippen molar-refractivity contribution in [2.45, 2.75) is 19.9 Å². The third-order valence-electron chi connectivity index (χ3n) is 2.78. The minimum absolute atomic E-state index is 0.0154. The lowest BCUT2D eigenvalue weighted by Gasteiger charge is -2.12. The van der Waals surface area contributed by atoms with Crippen LogP contribution in [0.4, 0.5) is 4.39 Å². The number of fused-ring (bicyclic) bond motifs is 1. The quantitative estimate of drug-likeness (QED) is 0.942. The van der Waals surface area contributed by atoms with E-state index in [-0.39, 0.29) is 16.0 Å². The van der Waals surface area contributed by atoms with Gasteiger partial charge in [-0.05, 0) is 18.6 Å². The van der Waals surface area contributed by atoms with E-state index in [1.807, 2.05) is 6.92 Å². The second kappa shape index (κ2) is 5.01. The predicted octanol–water partition coefficient (Wildman–Crippen LogP) is 2.90. The number of pyridine rings is 1. The van der Waals surface area contributed by atoms with Gasteiger partial charge in [-0.2, -0.15) is 0 Å². The van der Waals surface area contributed by atoms with Crippen LogP contribution in [0.3, 0.4) is 0 Å². The van der Waals surface area contributed by atoms with Gasteiger partial charge in [-0.25, -0.2) is 9.18 Å². The average molecular weight is 284 g/mol. The maximum absolute atomic E-state index is 13.3. The molecule has 0 aliphatic rings. The summed E-state index contributed by atoms with van der Waals surface area (Å²) in [4.78, 5) is 23.1. The van der Waals surface area contributed by atoms with E-state index in [2.05, 4.69) is 0 Å². The Balaban J connectivity index is 2.96. The van der Waals surface area contributed by atoms with Gasteiger partial charge < -0.3 is 9.67 Å². The van der Waals surface area contributed by atoms with Gasteiger partial charge in [0.05, 0.1) is 15.9 Å². The van der Waals surface area contributed by atoms with E-state index >= 15 is 0 Å². The van der Waals surface area contributed by atoms with Gasteiger partial charge >= 0.3 is 5.97 Å². The van der Waals surface area contributed by atoms with Crippen LogP contribution >= 0.6 is 11.6 Å². The fraction of sp³-hybridized carbons (Fsp3) is 0.231. The number of aryl methyl sites for hydroxylation is 1. The Morgan fingerprint density at radius 2 is 2.16 bits per heavy atom. The largest absolute Gasteiger partial charge is 0.477 e. The highest BCUT2D eigenvalue weighted by atomic mass is 35.5. The second-order valence-electron chi connectivity index (χ2n) is 4.15. The first-order valence-electron chi connectivity index (χ1n) is 5.71. The Morgan fingerprint density at radius 3 is 2.74 bits per heavy atom. The SMILES string of the molecule is CCCn1cc(C(=O)O)c(=O)c2cc(F)cc(Cl)c21. The van der Waals surface area contributed by atoms with E-state index in [1.165, 1.54) is 6.20 Å². The number of carboxylic acids is 1. The molecule has 0 amide bonds.